The molecule has 2 rings (SSSR count). The fourth-order valence-electron chi connectivity index (χ4n) is 1.62. The number of rotatable bonds is 2. The van der Waals surface area contributed by atoms with E-state index in [1.807, 2.05) is 0 Å². The third kappa shape index (κ3) is 2.56. The van der Waals surface area contributed by atoms with Crippen molar-refractivity contribution in [2.75, 3.05) is 5.32 Å². The van der Waals surface area contributed by atoms with E-state index in [4.69, 9.17) is 0 Å². The zero-order chi connectivity index (χ0) is 14.9. The van der Waals surface area contributed by atoms with Gasteiger partial charge >= 0.3 is 0 Å². The van der Waals surface area contributed by atoms with Crippen LogP contribution in [-0.2, 0) is 9.59 Å². The summed E-state index contributed by atoms with van der Waals surface area (Å²) >= 11 is 0. The lowest BCUT2D eigenvalue weighted by Crippen LogP contribution is -2.25. The summed E-state index contributed by atoms with van der Waals surface area (Å²) in [4.78, 5) is 31.2. The summed E-state index contributed by atoms with van der Waals surface area (Å²) in [5.41, 5.74) is 1.43. The highest BCUT2D eigenvalue weighted by Gasteiger charge is 2.21. The van der Waals surface area contributed by atoms with Gasteiger partial charge in [0.2, 0.25) is 5.91 Å². The van der Waals surface area contributed by atoms with Crippen LogP contribution in [0.1, 0.15) is 26.0 Å². The van der Waals surface area contributed by atoms with Crippen molar-refractivity contribution in [1.82, 2.24) is 9.78 Å². The van der Waals surface area contributed by atoms with Crippen LogP contribution in [0.4, 0.5) is 5.82 Å². The molecule has 0 atom stereocenters. The number of hydrogen-bond donors (Lipinski definition) is 1. The molecule has 1 aliphatic heterocycles. The molecule has 0 unspecified atom stereocenters. The summed E-state index contributed by atoms with van der Waals surface area (Å²) < 4.78 is 1.34. The van der Waals surface area contributed by atoms with E-state index >= 15 is 0 Å². The summed E-state index contributed by atoms with van der Waals surface area (Å²) in [5, 5.41) is 6.89. The van der Waals surface area contributed by atoms with Crippen LogP contribution in [0.15, 0.2) is 28.2 Å². The highest BCUT2D eigenvalue weighted by molar-refractivity contribution is 6.27. The Hall–Kier alpha value is -2.57. The molecule has 1 aromatic rings. The summed E-state index contributed by atoms with van der Waals surface area (Å²) in [6, 6.07) is 1.69. The van der Waals surface area contributed by atoms with Crippen LogP contribution in [-0.4, -0.2) is 33.3 Å². The number of aromatic nitrogens is 2. The lowest BCUT2D eigenvalue weighted by Gasteiger charge is -2.12. The maximum absolute atomic E-state index is 11.7. The minimum atomic E-state index is -0.451. The van der Waals surface area contributed by atoms with Gasteiger partial charge in [-0.1, -0.05) is 13.5 Å². The van der Waals surface area contributed by atoms with Crippen molar-refractivity contribution in [2.45, 2.75) is 27.2 Å². The van der Waals surface area contributed by atoms with E-state index in [-0.39, 0.29) is 17.4 Å². The minimum absolute atomic E-state index is 0.124. The lowest BCUT2D eigenvalue weighted by molar-refractivity contribution is -0.116. The minimum Gasteiger partial charge on any atom is -0.310 e. The Morgan fingerprint density at radius 3 is 2.70 bits per heavy atom. The first-order chi connectivity index (χ1) is 9.42. The van der Waals surface area contributed by atoms with Gasteiger partial charge in [0.15, 0.2) is 0 Å². The highest BCUT2D eigenvalue weighted by Crippen LogP contribution is 2.14. The standard InChI is InChI=1S/C13H15N5O2/c1-5-11(19)15-10-6-7(2)17-18(10)13-14-9(4)8(3)12(20)16-13/h6H,3,5H2,1-2,4H3,(H,15,19). The van der Waals surface area contributed by atoms with E-state index in [2.05, 4.69) is 27.0 Å². The number of anilines is 1. The first kappa shape index (κ1) is 13.9. The normalized spacial score (nSPS) is 14.9. The van der Waals surface area contributed by atoms with Gasteiger partial charge < -0.3 is 5.32 Å². The van der Waals surface area contributed by atoms with Gasteiger partial charge in [-0.2, -0.15) is 14.8 Å². The molecule has 0 bridgehead atoms. The molecule has 0 aromatic carbocycles. The second-order valence-electron chi connectivity index (χ2n) is 4.38. The van der Waals surface area contributed by atoms with Crippen LogP contribution in [0.2, 0.25) is 0 Å². The second-order valence-corrected chi connectivity index (χ2v) is 4.38. The Balaban J connectivity index is 2.43. The molecule has 20 heavy (non-hydrogen) atoms. The van der Waals surface area contributed by atoms with E-state index in [1.165, 1.54) is 4.68 Å². The van der Waals surface area contributed by atoms with Crippen LogP contribution < -0.4 is 5.32 Å². The van der Waals surface area contributed by atoms with E-state index in [0.717, 1.165) is 0 Å². The van der Waals surface area contributed by atoms with Gasteiger partial charge in [-0.15, -0.1) is 0 Å². The van der Waals surface area contributed by atoms with E-state index in [0.29, 0.717) is 23.6 Å². The molecule has 0 spiro atoms. The van der Waals surface area contributed by atoms with Crippen LogP contribution in [0.25, 0.3) is 0 Å². The second kappa shape index (κ2) is 5.20. The first-order valence-corrected chi connectivity index (χ1v) is 6.17. The third-order valence-corrected chi connectivity index (χ3v) is 2.77. The number of aliphatic imine (C=N–C) groups is 2. The fraction of sp³-hybridized carbons (Fsp3) is 0.308. The molecule has 7 nitrogen and oxygen atoms in total. The van der Waals surface area contributed by atoms with Crippen LogP contribution in [0.5, 0.6) is 0 Å². The maximum Gasteiger partial charge on any atom is 0.281 e. The molecule has 1 aliphatic rings. The zero-order valence-corrected chi connectivity index (χ0v) is 11.6. The average Bonchev–Trinajstić information content (AvgIpc) is 2.76. The predicted molar refractivity (Wildman–Crippen MR) is 76.0 cm³/mol. The van der Waals surface area contributed by atoms with Gasteiger partial charge in [0, 0.05) is 12.5 Å². The van der Waals surface area contributed by atoms with E-state index < -0.39 is 5.91 Å². The molecule has 1 N–H and O–H groups in total. The van der Waals surface area contributed by atoms with Crippen LogP contribution >= 0.6 is 0 Å². The summed E-state index contributed by atoms with van der Waals surface area (Å²) in [6.45, 7) is 8.81. The Morgan fingerprint density at radius 1 is 1.40 bits per heavy atom. The zero-order valence-electron chi connectivity index (χ0n) is 11.6. The Kier molecular flexibility index (Phi) is 3.60. The van der Waals surface area contributed by atoms with Gasteiger partial charge in [-0.3, -0.25) is 9.59 Å². The van der Waals surface area contributed by atoms with Crippen molar-refractivity contribution in [1.29, 1.82) is 0 Å². The smallest absolute Gasteiger partial charge is 0.281 e. The number of aryl methyl sites for hydroxylation is 1. The molecule has 2 heterocycles. The number of hydrogen-bond acceptors (Lipinski definition) is 4. The van der Waals surface area contributed by atoms with Crippen LogP contribution in [0.3, 0.4) is 0 Å². The van der Waals surface area contributed by atoms with E-state index in [9.17, 15) is 9.59 Å². The summed E-state index contributed by atoms with van der Waals surface area (Å²) in [7, 11) is 0. The number of amides is 2. The first-order valence-electron chi connectivity index (χ1n) is 6.17. The molecule has 1 aromatic heterocycles. The largest absolute Gasteiger partial charge is 0.310 e. The maximum atomic E-state index is 11.7. The number of carbonyl (C=O) groups excluding carboxylic acids is 2. The Morgan fingerprint density at radius 2 is 2.10 bits per heavy atom. The molecule has 0 radical (unpaired) electrons. The highest BCUT2D eigenvalue weighted by atomic mass is 16.2. The molecule has 0 aliphatic carbocycles. The van der Waals surface area contributed by atoms with Crippen molar-refractivity contribution >= 4 is 29.3 Å². The third-order valence-electron chi connectivity index (χ3n) is 2.77. The average molecular weight is 273 g/mol. The number of carbonyl (C=O) groups is 2. The van der Waals surface area contributed by atoms with Crippen LogP contribution in [0, 0.1) is 6.92 Å². The van der Waals surface area contributed by atoms with Crippen molar-refractivity contribution in [3.8, 4) is 0 Å². The van der Waals surface area contributed by atoms with Gasteiger partial charge in [-0.05, 0) is 13.8 Å². The quantitative estimate of drug-likeness (QED) is 0.824. The number of nitrogens with zero attached hydrogens (tertiary/aromatic N) is 4. The van der Waals surface area contributed by atoms with Gasteiger partial charge in [-0.25, -0.2) is 4.99 Å². The molecular weight excluding hydrogens is 258 g/mol. The van der Waals surface area contributed by atoms with Gasteiger partial charge in [0.05, 0.1) is 17.0 Å². The summed E-state index contributed by atoms with van der Waals surface area (Å²) in [5.74, 6) is -0.0446. The topological polar surface area (TPSA) is 88.7 Å². The number of nitrogens with one attached hydrogen (secondary N) is 1. The van der Waals surface area contributed by atoms with E-state index in [1.54, 1.807) is 26.8 Å². The Bertz CT molecular complexity index is 666. The van der Waals surface area contributed by atoms with Crippen molar-refractivity contribution in [3.63, 3.8) is 0 Å². The predicted octanol–water partition coefficient (Wildman–Crippen LogP) is 1.30. The molecule has 104 valence electrons. The SMILES string of the molecule is C=C1C(=O)N=C(n2nc(C)cc2NC(=O)CC)N=C1C. The molecule has 2 amide bonds. The molecule has 7 heteroatoms. The summed E-state index contributed by atoms with van der Waals surface area (Å²) in [6.07, 6.45) is 0.342. The fourth-order valence-corrected chi connectivity index (χ4v) is 1.62. The molecular formula is C13H15N5O2. The van der Waals surface area contributed by atoms with Gasteiger partial charge in [0.1, 0.15) is 5.82 Å². The van der Waals surface area contributed by atoms with Crippen molar-refractivity contribution in [2.24, 2.45) is 9.98 Å². The Labute approximate surface area is 116 Å². The molecule has 0 saturated heterocycles. The monoisotopic (exact) mass is 273 g/mol. The molecule has 0 fully saturated rings. The molecule has 0 saturated carbocycles. The van der Waals surface area contributed by atoms with Gasteiger partial charge in [0.25, 0.3) is 11.9 Å². The van der Waals surface area contributed by atoms with Crippen molar-refractivity contribution < 1.29 is 9.59 Å². The lowest BCUT2D eigenvalue weighted by atomic mass is 10.2. The van der Waals surface area contributed by atoms with Crippen molar-refractivity contribution in [3.05, 3.63) is 23.9 Å².